The summed E-state index contributed by atoms with van der Waals surface area (Å²) in [4.78, 5) is 19.4. The average molecular weight is 328 g/mol. The number of methoxy groups -OCH3 is 1. The molecule has 3 N–H and O–H groups in total. The Morgan fingerprint density at radius 1 is 1.25 bits per heavy atom. The lowest BCUT2D eigenvalue weighted by molar-refractivity contribution is 0.413. The van der Waals surface area contributed by atoms with Crippen molar-refractivity contribution in [2.24, 2.45) is 0 Å². The average Bonchev–Trinajstić information content (AvgIpc) is 3.03. The topological polar surface area (TPSA) is 79.0 Å². The van der Waals surface area contributed by atoms with E-state index in [2.05, 4.69) is 32.7 Å². The monoisotopic (exact) mass is 328 g/mol. The van der Waals surface area contributed by atoms with Crippen LogP contribution in [0.2, 0.25) is 0 Å². The molecule has 2 heterocycles. The SMILES string of the molecule is COc1cccc([C@@H]2CNC[C@H]2c2cc(=O)[nH]c(NC(C)C)n2)c1. The van der Waals surface area contributed by atoms with E-state index in [0.29, 0.717) is 5.95 Å². The fraction of sp³-hybridized carbons (Fsp3) is 0.444. The maximum absolute atomic E-state index is 12.0. The van der Waals surface area contributed by atoms with Crippen LogP contribution in [0.1, 0.15) is 36.9 Å². The molecule has 6 heteroatoms. The van der Waals surface area contributed by atoms with Crippen LogP contribution in [0.3, 0.4) is 0 Å². The van der Waals surface area contributed by atoms with Crippen LogP contribution < -0.4 is 20.9 Å². The van der Waals surface area contributed by atoms with Gasteiger partial charge in [0.1, 0.15) is 5.75 Å². The first kappa shape index (κ1) is 16.5. The van der Waals surface area contributed by atoms with Crippen molar-refractivity contribution in [1.82, 2.24) is 15.3 Å². The number of nitrogens with zero attached hydrogens (tertiary/aromatic N) is 1. The Balaban J connectivity index is 1.92. The zero-order chi connectivity index (χ0) is 17.1. The van der Waals surface area contributed by atoms with Gasteiger partial charge in [0.25, 0.3) is 5.56 Å². The summed E-state index contributed by atoms with van der Waals surface area (Å²) in [6, 6.07) is 9.92. The molecule has 0 spiro atoms. The molecule has 0 aliphatic carbocycles. The van der Waals surface area contributed by atoms with Crippen molar-refractivity contribution in [2.45, 2.75) is 31.7 Å². The van der Waals surface area contributed by atoms with Crippen LogP contribution in [-0.2, 0) is 0 Å². The lowest BCUT2D eigenvalue weighted by atomic mass is 9.86. The predicted octanol–water partition coefficient (Wildman–Crippen LogP) is 2.07. The largest absolute Gasteiger partial charge is 0.497 e. The molecule has 128 valence electrons. The summed E-state index contributed by atoms with van der Waals surface area (Å²) in [6.45, 7) is 5.70. The van der Waals surface area contributed by atoms with Gasteiger partial charge >= 0.3 is 0 Å². The number of H-pyrrole nitrogens is 1. The Morgan fingerprint density at radius 3 is 2.79 bits per heavy atom. The highest BCUT2D eigenvalue weighted by Gasteiger charge is 2.31. The Morgan fingerprint density at radius 2 is 2.04 bits per heavy atom. The van der Waals surface area contributed by atoms with Gasteiger partial charge in [0.05, 0.1) is 12.8 Å². The summed E-state index contributed by atoms with van der Waals surface area (Å²) in [6.07, 6.45) is 0. The summed E-state index contributed by atoms with van der Waals surface area (Å²) in [5.74, 6) is 1.80. The summed E-state index contributed by atoms with van der Waals surface area (Å²) in [5.41, 5.74) is 1.89. The predicted molar refractivity (Wildman–Crippen MR) is 95.0 cm³/mol. The number of aromatic amines is 1. The van der Waals surface area contributed by atoms with Crippen LogP contribution in [-0.4, -0.2) is 36.2 Å². The molecule has 2 aromatic rings. The molecule has 0 saturated carbocycles. The molecule has 1 fully saturated rings. The number of hydrogen-bond acceptors (Lipinski definition) is 5. The first-order chi connectivity index (χ1) is 11.6. The minimum atomic E-state index is -0.126. The third-order valence-corrected chi connectivity index (χ3v) is 4.30. The van der Waals surface area contributed by atoms with Crippen molar-refractivity contribution in [2.75, 3.05) is 25.5 Å². The van der Waals surface area contributed by atoms with E-state index in [9.17, 15) is 4.79 Å². The molecule has 6 nitrogen and oxygen atoms in total. The summed E-state index contributed by atoms with van der Waals surface area (Å²) >= 11 is 0. The fourth-order valence-electron chi connectivity index (χ4n) is 3.22. The van der Waals surface area contributed by atoms with Crippen molar-refractivity contribution < 1.29 is 4.74 Å². The lowest BCUT2D eigenvalue weighted by Crippen LogP contribution is -2.21. The van der Waals surface area contributed by atoms with Gasteiger partial charge < -0.3 is 15.4 Å². The van der Waals surface area contributed by atoms with E-state index in [1.165, 1.54) is 5.56 Å². The maximum atomic E-state index is 12.0. The molecule has 1 aromatic carbocycles. The summed E-state index contributed by atoms with van der Waals surface area (Å²) in [5, 5.41) is 6.60. The van der Waals surface area contributed by atoms with Crippen molar-refractivity contribution >= 4 is 5.95 Å². The minimum absolute atomic E-state index is 0.126. The molecule has 24 heavy (non-hydrogen) atoms. The molecular weight excluding hydrogens is 304 g/mol. The number of hydrogen-bond donors (Lipinski definition) is 3. The second-order valence-corrected chi connectivity index (χ2v) is 6.47. The van der Waals surface area contributed by atoms with E-state index in [-0.39, 0.29) is 23.4 Å². The van der Waals surface area contributed by atoms with Gasteiger partial charge in [-0.1, -0.05) is 12.1 Å². The second-order valence-electron chi connectivity index (χ2n) is 6.47. The first-order valence-electron chi connectivity index (χ1n) is 8.29. The molecule has 0 amide bonds. The number of ether oxygens (including phenoxy) is 1. The molecule has 1 aliphatic rings. The lowest BCUT2D eigenvalue weighted by Gasteiger charge is -2.20. The van der Waals surface area contributed by atoms with E-state index in [1.807, 2.05) is 26.0 Å². The van der Waals surface area contributed by atoms with E-state index in [0.717, 1.165) is 24.5 Å². The Labute approximate surface area is 141 Å². The summed E-state index contributed by atoms with van der Waals surface area (Å²) in [7, 11) is 1.67. The van der Waals surface area contributed by atoms with Crippen molar-refractivity contribution in [3.63, 3.8) is 0 Å². The molecule has 0 bridgehead atoms. The molecule has 1 aromatic heterocycles. The third kappa shape index (κ3) is 3.59. The van der Waals surface area contributed by atoms with Crippen LogP contribution in [0.25, 0.3) is 0 Å². The van der Waals surface area contributed by atoms with Gasteiger partial charge in [0.15, 0.2) is 0 Å². The molecule has 0 unspecified atom stereocenters. The highest BCUT2D eigenvalue weighted by atomic mass is 16.5. The highest BCUT2D eigenvalue weighted by Crippen LogP contribution is 2.36. The highest BCUT2D eigenvalue weighted by molar-refractivity contribution is 5.36. The number of nitrogens with one attached hydrogen (secondary N) is 3. The van der Waals surface area contributed by atoms with Crippen LogP contribution in [0.4, 0.5) is 5.95 Å². The van der Waals surface area contributed by atoms with Crippen LogP contribution in [0.15, 0.2) is 35.1 Å². The van der Waals surface area contributed by atoms with Gasteiger partial charge in [0, 0.05) is 37.0 Å². The normalized spacial score (nSPS) is 20.3. The van der Waals surface area contributed by atoms with Crippen molar-refractivity contribution in [3.8, 4) is 5.75 Å². The van der Waals surface area contributed by atoms with E-state index in [4.69, 9.17) is 4.74 Å². The van der Waals surface area contributed by atoms with Crippen molar-refractivity contribution in [3.05, 3.63) is 51.9 Å². The van der Waals surface area contributed by atoms with Gasteiger partial charge in [-0.3, -0.25) is 9.78 Å². The molecule has 1 saturated heterocycles. The maximum Gasteiger partial charge on any atom is 0.252 e. The molecule has 2 atom stereocenters. The van der Waals surface area contributed by atoms with Gasteiger partial charge in [-0.15, -0.1) is 0 Å². The van der Waals surface area contributed by atoms with Crippen LogP contribution >= 0.6 is 0 Å². The molecule has 3 rings (SSSR count). The van der Waals surface area contributed by atoms with Gasteiger partial charge in [-0.2, -0.15) is 0 Å². The zero-order valence-corrected chi connectivity index (χ0v) is 14.3. The Hall–Kier alpha value is -2.34. The Kier molecular flexibility index (Phi) is 4.85. The number of aromatic nitrogens is 2. The number of rotatable bonds is 5. The zero-order valence-electron chi connectivity index (χ0n) is 14.3. The summed E-state index contributed by atoms with van der Waals surface area (Å²) < 4.78 is 5.34. The van der Waals surface area contributed by atoms with Crippen molar-refractivity contribution in [1.29, 1.82) is 0 Å². The first-order valence-corrected chi connectivity index (χ1v) is 8.29. The molecular formula is C18H24N4O2. The standard InChI is InChI=1S/C18H24N4O2/c1-11(2)20-18-21-16(8-17(23)22-18)15-10-19-9-14(15)12-5-4-6-13(7-12)24-3/h4-8,11,14-15,19H,9-10H2,1-3H3,(H2,20,21,22,23)/t14-,15+/m0/s1. The van der Waals surface area contributed by atoms with Gasteiger partial charge in [-0.05, 0) is 31.5 Å². The Bertz CT molecular complexity index is 757. The van der Waals surface area contributed by atoms with E-state index < -0.39 is 0 Å². The third-order valence-electron chi connectivity index (χ3n) is 4.30. The number of anilines is 1. The fourth-order valence-corrected chi connectivity index (χ4v) is 3.22. The van der Waals surface area contributed by atoms with Gasteiger partial charge in [-0.25, -0.2) is 4.98 Å². The molecule has 1 aliphatic heterocycles. The van der Waals surface area contributed by atoms with E-state index >= 15 is 0 Å². The minimum Gasteiger partial charge on any atom is -0.497 e. The quantitative estimate of drug-likeness (QED) is 0.783. The number of benzene rings is 1. The molecule has 0 radical (unpaired) electrons. The second kappa shape index (κ2) is 7.05. The van der Waals surface area contributed by atoms with Gasteiger partial charge in [0.2, 0.25) is 5.95 Å². The van der Waals surface area contributed by atoms with E-state index in [1.54, 1.807) is 13.2 Å². The smallest absolute Gasteiger partial charge is 0.252 e. The van der Waals surface area contributed by atoms with Crippen LogP contribution in [0, 0.1) is 0 Å². The van der Waals surface area contributed by atoms with Crippen LogP contribution in [0.5, 0.6) is 5.75 Å².